The van der Waals surface area contributed by atoms with Crippen LogP contribution in [0.2, 0.25) is 0 Å². The molecule has 2 N–H and O–H groups in total. The molecule has 0 radical (unpaired) electrons. The van der Waals surface area contributed by atoms with E-state index >= 15 is 0 Å². The highest BCUT2D eigenvalue weighted by atomic mass is 32.2. The van der Waals surface area contributed by atoms with Crippen molar-refractivity contribution < 1.29 is 8.42 Å². The highest BCUT2D eigenvalue weighted by molar-refractivity contribution is 7.91. The van der Waals surface area contributed by atoms with Gasteiger partial charge in [-0.1, -0.05) is 18.3 Å². The van der Waals surface area contributed by atoms with Crippen LogP contribution >= 0.6 is 11.3 Å². The van der Waals surface area contributed by atoms with E-state index in [0.717, 1.165) is 17.9 Å². The first-order chi connectivity index (χ1) is 8.94. The largest absolute Gasteiger partial charge is 0.315 e. The molecule has 2 rings (SSSR count). The Labute approximate surface area is 116 Å². The normalized spacial score (nSPS) is 16.2. The molecule has 0 spiro atoms. The lowest BCUT2D eigenvalue weighted by Crippen LogP contribution is -2.36. The number of nitrogens with one attached hydrogen (secondary N) is 2. The maximum atomic E-state index is 12.0. The van der Waals surface area contributed by atoms with E-state index in [1.165, 1.54) is 12.8 Å². The van der Waals surface area contributed by atoms with Crippen LogP contribution in [0.15, 0.2) is 9.00 Å². The van der Waals surface area contributed by atoms with E-state index in [9.17, 15) is 13.2 Å². The van der Waals surface area contributed by atoms with Gasteiger partial charge in [0.2, 0.25) is 0 Å². The van der Waals surface area contributed by atoms with E-state index in [2.05, 4.69) is 21.5 Å². The summed E-state index contributed by atoms with van der Waals surface area (Å²) in [5.41, 5.74) is 0.400. The highest BCUT2D eigenvalue weighted by Gasteiger charge is 2.28. The molecule has 19 heavy (non-hydrogen) atoms. The quantitative estimate of drug-likeness (QED) is 0.769. The van der Waals surface area contributed by atoms with Crippen LogP contribution in [-0.4, -0.2) is 44.0 Å². The first-order valence-electron chi connectivity index (χ1n) is 6.37. The van der Waals surface area contributed by atoms with Gasteiger partial charge in [0.1, 0.15) is 0 Å². The molecule has 8 heteroatoms. The molecular weight excluding hydrogens is 286 g/mol. The van der Waals surface area contributed by atoms with Gasteiger partial charge in [-0.3, -0.25) is 9.69 Å². The molecule has 108 valence electrons. The molecule has 0 saturated heterocycles. The van der Waals surface area contributed by atoms with E-state index in [1.54, 1.807) is 6.92 Å². The topological polar surface area (TPSA) is 82.3 Å². The van der Waals surface area contributed by atoms with Crippen LogP contribution in [0.4, 0.5) is 0 Å². The number of aromatic amines is 1. The molecule has 1 saturated carbocycles. The minimum Gasteiger partial charge on any atom is -0.315 e. The van der Waals surface area contributed by atoms with Crippen molar-refractivity contribution in [3.8, 4) is 0 Å². The zero-order chi connectivity index (χ0) is 14.0. The maximum absolute atomic E-state index is 12.0. The van der Waals surface area contributed by atoms with Gasteiger partial charge in [0, 0.05) is 24.8 Å². The predicted octanol–water partition coefficient (Wildman–Crippen LogP) is 0.507. The second-order valence-corrected chi connectivity index (χ2v) is 7.63. The molecule has 0 aromatic carbocycles. The zero-order valence-electron chi connectivity index (χ0n) is 11.1. The van der Waals surface area contributed by atoms with Gasteiger partial charge in [-0.15, -0.1) is 0 Å². The summed E-state index contributed by atoms with van der Waals surface area (Å²) < 4.78 is 26.7. The van der Waals surface area contributed by atoms with E-state index in [-0.39, 0.29) is 9.08 Å². The molecular formula is C11H19N3O3S2. The Kier molecular flexibility index (Phi) is 4.44. The summed E-state index contributed by atoms with van der Waals surface area (Å²) >= 11 is 0.729. The minimum atomic E-state index is -3.57. The summed E-state index contributed by atoms with van der Waals surface area (Å²) in [5.74, 6) is 0. The SMILES string of the molecule is CCN(CCNS(=O)(=O)c1sc(=O)[nH]c1C)C1CC1. The zero-order valence-corrected chi connectivity index (χ0v) is 12.7. The summed E-state index contributed by atoms with van der Waals surface area (Å²) in [7, 11) is -3.57. The third kappa shape index (κ3) is 3.65. The number of sulfonamides is 1. The van der Waals surface area contributed by atoms with Crippen molar-refractivity contribution in [1.82, 2.24) is 14.6 Å². The first-order valence-corrected chi connectivity index (χ1v) is 8.67. The van der Waals surface area contributed by atoms with Crippen LogP contribution in [0.25, 0.3) is 0 Å². The molecule has 0 unspecified atom stereocenters. The van der Waals surface area contributed by atoms with Crippen LogP contribution in [0.5, 0.6) is 0 Å². The molecule has 0 amide bonds. The molecule has 1 aromatic heterocycles. The molecule has 6 nitrogen and oxygen atoms in total. The Bertz CT molecular complexity index is 587. The van der Waals surface area contributed by atoms with Gasteiger partial charge in [0.05, 0.1) is 0 Å². The van der Waals surface area contributed by atoms with Crippen LogP contribution in [0.3, 0.4) is 0 Å². The fourth-order valence-electron chi connectivity index (χ4n) is 2.07. The number of hydrogen-bond donors (Lipinski definition) is 2. The van der Waals surface area contributed by atoms with Crippen molar-refractivity contribution in [2.24, 2.45) is 0 Å². The first kappa shape index (κ1) is 14.7. The van der Waals surface area contributed by atoms with Crippen molar-refractivity contribution in [1.29, 1.82) is 0 Å². The van der Waals surface area contributed by atoms with Gasteiger partial charge in [-0.05, 0) is 26.3 Å². The Morgan fingerprint density at radius 2 is 2.16 bits per heavy atom. The fraction of sp³-hybridized carbons (Fsp3) is 0.727. The van der Waals surface area contributed by atoms with Crippen molar-refractivity contribution in [3.05, 3.63) is 15.4 Å². The number of H-pyrrole nitrogens is 1. The Morgan fingerprint density at radius 3 is 2.63 bits per heavy atom. The van der Waals surface area contributed by atoms with Crippen molar-refractivity contribution in [2.45, 2.75) is 36.9 Å². The summed E-state index contributed by atoms with van der Waals surface area (Å²) in [6.07, 6.45) is 2.41. The number of likely N-dealkylation sites (N-methyl/N-ethyl adjacent to an activating group) is 1. The number of nitrogens with zero attached hydrogens (tertiary/aromatic N) is 1. The Morgan fingerprint density at radius 1 is 1.47 bits per heavy atom. The van der Waals surface area contributed by atoms with Gasteiger partial charge >= 0.3 is 4.87 Å². The molecule has 1 aromatic rings. The van der Waals surface area contributed by atoms with Crippen molar-refractivity contribution in [3.63, 3.8) is 0 Å². The molecule has 1 fully saturated rings. The summed E-state index contributed by atoms with van der Waals surface area (Å²) in [6, 6.07) is 0.625. The van der Waals surface area contributed by atoms with E-state index in [4.69, 9.17) is 0 Å². The molecule has 1 heterocycles. The fourth-order valence-corrected chi connectivity index (χ4v) is 4.44. The molecule has 0 bridgehead atoms. The average Bonchev–Trinajstić information content (AvgIpc) is 3.10. The lowest BCUT2D eigenvalue weighted by atomic mass is 10.4. The molecule has 1 aliphatic carbocycles. The second-order valence-electron chi connectivity index (χ2n) is 4.68. The van der Waals surface area contributed by atoms with Crippen LogP contribution in [0.1, 0.15) is 25.5 Å². The number of thiazole rings is 1. The van der Waals surface area contributed by atoms with E-state index < -0.39 is 10.0 Å². The minimum absolute atomic E-state index is 0.0898. The Hall–Kier alpha value is -0.700. The number of hydrogen-bond acceptors (Lipinski definition) is 5. The summed E-state index contributed by atoms with van der Waals surface area (Å²) in [4.78, 5) is 15.6. The van der Waals surface area contributed by atoms with E-state index in [1.807, 2.05) is 0 Å². The van der Waals surface area contributed by atoms with Gasteiger partial charge in [-0.25, -0.2) is 13.1 Å². The predicted molar refractivity (Wildman–Crippen MR) is 75.1 cm³/mol. The standard InChI is InChI=1S/C11H19N3O3S2/c1-3-14(9-4-5-9)7-6-12-19(16,17)10-8(2)13-11(15)18-10/h9,12H,3-7H2,1-2H3,(H,13,15). The van der Waals surface area contributed by atoms with E-state index in [0.29, 0.717) is 24.8 Å². The summed E-state index contributed by atoms with van der Waals surface area (Å²) in [6.45, 7) is 5.68. The van der Waals surface area contributed by atoms with Crippen molar-refractivity contribution in [2.75, 3.05) is 19.6 Å². The lowest BCUT2D eigenvalue weighted by Gasteiger charge is -2.19. The monoisotopic (exact) mass is 305 g/mol. The second kappa shape index (κ2) is 5.74. The van der Waals surface area contributed by atoms with Crippen LogP contribution < -0.4 is 9.60 Å². The summed E-state index contributed by atoms with van der Waals surface area (Å²) in [5, 5.41) is 0. The highest BCUT2D eigenvalue weighted by Crippen LogP contribution is 2.25. The molecule has 0 atom stereocenters. The molecule has 1 aliphatic rings. The maximum Gasteiger partial charge on any atom is 0.305 e. The lowest BCUT2D eigenvalue weighted by molar-refractivity contribution is 0.282. The van der Waals surface area contributed by atoms with Gasteiger partial charge in [-0.2, -0.15) is 0 Å². The third-order valence-electron chi connectivity index (χ3n) is 3.19. The average molecular weight is 305 g/mol. The van der Waals surface area contributed by atoms with Crippen LogP contribution in [-0.2, 0) is 10.0 Å². The van der Waals surface area contributed by atoms with Gasteiger partial charge in [0.25, 0.3) is 10.0 Å². The number of rotatable bonds is 7. The van der Waals surface area contributed by atoms with Gasteiger partial charge < -0.3 is 4.98 Å². The third-order valence-corrected chi connectivity index (χ3v) is 6.25. The van der Waals surface area contributed by atoms with Crippen molar-refractivity contribution >= 4 is 21.4 Å². The smallest absolute Gasteiger partial charge is 0.305 e. The number of aromatic nitrogens is 1. The van der Waals surface area contributed by atoms with Crippen LogP contribution in [0, 0.1) is 6.92 Å². The molecule has 0 aliphatic heterocycles. The number of aryl methyl sites for hydroxylation is 1. The Balaban J connectivity index is 1.94. The van der Waals surface area contributed by atoms with Gasteiger partial charge in [0.15, 0.2) is 4.21 Å².